The lowest BCUT2D eigenvalue weighted by molar-refractivity contribution is -0.128. The number of aromatic nitrogens is 1. The average molecular weight is 572 g/mol. The monoisotopic (exact) mass is 571 g/mol. The third-order valence-corrected chi connectivity index (χ3v) is 8.23. The fourth-order valence-corrected chi connectivity index (χ4v) is 6.20. The van der Waals surface area contributed by atoms with Crippen molar-refractivity contribution in [1.82, 2.24) is 15.2 Å². The lowest BCUT2D eigenvalue weighted by Crippen LogP contribution is -2.53. The predicted molar refractivity (Wildman–Crippen MR) is 148 cm³/mol. The summed E-state index contributed by atoms with van der Waals surface area (Å²) in [5, 5.41) is 6.85. The average Bonchev–Trinajstić information content (AvgIpc) is 3.19. The van der Waals surface area contributed by atoms with Gasteiger partial charge in [0.05, 0.1) is 11.4 Å². The summed E-state index contributed by atoms with van der Waals surface area (Å²) in [6.07, 6.45) is -1.14. The number of halogens is 1. The van der Waals surface area contributed by atoms with Crippen LogP contribution >= 0.6 is 11.6 Å². The summed E-state index contributed by atoms with van der Waals surface area (Å²) >= 11 is 6.30. The molecule has 0 saturated carbocycles. The number of nitrogens with zero attached hydrogens (tertiary/aromatic N) is 3. The maximum Gasteiger partial charge on any atom is 0.272 e. The number of nitrogens with one attached hydrogen (secondary N) is 2. The molecule has 2 amide bonds. The van der Waals surface area contributed by atoms with Gasteiger partial charge in [0, 0.05) is 23.2 Å². The topological polar surface area (TPSA) is 134 Å². The molecule has 1 aromatic heterocycles. The molecule has 10 nitrogen and oxygen atoms in total. The van der Waals surface area contributed by atoms with E-state index in [0.717, 1.165) is 5.56 Å². The molecule has 206 valence electrons. The van der Waals surface area contributed by atoms with Crippen LogP contribution < -0.4 is 14.9 Å². The quantitative estimate of drug-likeness (QED) is 0.424. The highest BCUT2D eigenvalue weighted by molar-refractivity contribution is 7.89. The van der Waals surface area contributed by atoms with Gasteiger partial charge in [-0.3, -0.25) is 9.59 Å². The van der Waals surface area contributed by atoms with E-state index < -0.39 is 34.0 Å². The Labute approximate surface area is 232 Å². The zero-order valence-electron chi connectivity index (χ0n) is 22.2. The molecule has 0 radical (unpaired) electrons. The van der Waals surface area contributed by atoms with Crippen LogP contribution in [-0.2, 0) is 19.6 Å². The van der Waals surface area contributed by atoms with Gasteiger partial charge in [0.25, 0.3) is 5.91 Å². The number of carbonyl (C=O) groups excluding carboxylic acids is 2. The van der Waals surface area contributed by atoms with Gasteiger partial charge in [-0.15, -0.1) is 0 Å². The molecular weight excluding hydrogens is 542 g/mol. The van der Waals surface area contributed by atoms with Gasteiger partial charge >= 0.3 is 0 Å². The molecule has 0 aliphatic carbocycles. The summed E-state index contributed by atoms with van der Waals surface area (Å²) in [4.78, 5) is 33.0. The summed E-state index contributed by atoms with van der Waals surface area (Å²) in [5.74, 6) is -1.12. The van der Waals surface area contributed by atoms with Gasteiger partial charge in [-0.1, -0.05) is 60.9 Å². The Bertz CT molecular complexity index is 1520. The van der Waals surface area contributed by atoms with E-state index in [1.165, 1.54) is 18.7 Å². The molecule has 2 aromatic carbocycles. The number of aryl methyl sites for hydroxylation is 2. The number of likely N-dealkylation sites (N-methyl/N-ethyl adjacent to an activating group) is 1. The SMILES string of the molecule is Cc1noc(C)c1S(=O)(=O)NC(CC(C)C)C(=O)NC1N=C(c2ccccc2)c2cc(Cl)ccc2N(C)C1=O. The first kappa shape index (κ1) is 28.5. The fraction of sp³-hybridized carbons (Fsp3) is 0.333. The lowest BCUT2D eigenvalue weighted by Gasteiger charge is -2.24. The first-order valence-electron chi connectivity index (χ1n) is 12.3. The Balaban J connectivity index is 1.72. The number of sulfonamides is 1. The van der Waals surface area contributed by atoms with Crippen LogP contribution in [0, 0.1) is 19.8 Å². The molecule has 2 unspecified atom stereocenters. The smallest absolute Gasteiger partial charge is 0.272 e. The maximum atomic E-state index is 13.6. The standard InChI is InChI=1S/C27H30ClN5O5S/c1-15(2)13-21(32-39(36,37)24-16(3)31-38-17(24)4)26(34)30-25-27(35)33(5)22-12-11-19(28)14-20(22)23(29-25)18-9-7-6-8-10-18/h6-12,14-15,21,25,32H,13H2,1-5H3,(H,30,34). The maximum absolute atomic E-state index is 13.6. The van der Waals surface area contributed by atoms with Crippen molar-refractivity contribution in [2.24, 2.45) is 10.9 Å². The zero-order valence-corrected chi connectivity index (χ0v) is 23.8. The predicted octanol–water partition coefficient (Wildman–Crippen LogP) is 3.59. The molecular formula is C27H30ClN5O5S. The number of hydrogen-bond acceptors (Lipinski definition) is 7. The van der Waals surface area contributed by atoms with Crippen LogP contribution in [0.15, 0.2) is 62.9 Å². The van der Waals surface area contributed by atoms with E-state index >= 15 is 0 Å². The molecule has 12 heteroatoms. The number of hydrogen-bond donors (Lipinski definition) is 2. The van der Waals surface area contributed by atoms with Crippen LogP contribution in [0.1, 0.15) is 42.8 Å². The number of aliphatic imine (C=N–C) groups is 1. The summed E-state index contributed by atoms with van der Waals surface area (Å²) in [7, 11) is -2.57. The molecule has 0 saturated heterocycles. The molecule has 0 bridgehead atoms. The highest BCUT2D eigenvalue weighted by atomic mass is 35.5. The molecule has 0 spiro atoms. The minimum Gasteiger partial charge on any atom is -0.360 e. The van der Waals surface area contributed by atoms with Gasteiger partial charge < -0.3 is 14.7 Å². The number of benzodiazepines with no additional fused rings is 1. The van der Waals surface area contributed by atoms with E-state index in [4.69, 9.17) is 16.1 Å². The van der Waals surface area contributed by atoms with Gasteiger partial charge in [0.15, 0.2) is 5.76 Å². The second-order valence-corrected chi connectivity index (χ2v) is 11.9. The van der Waals surface area contributed by atoms with Gasteiger partial charge in [-0.05, 0) is 44.4 Å². The molecule has 1 aliphatic heterocycles. The Morgan fingerprint density at radius 1 is 1.15 bits per heavy atom. The number of benzene rings is 2. The van der Waals surface area contributed by atoms with E-state index in [-0.39, 0.29) is 28.7 Å². The van der Waals surface area contributed by atoms with Crippen molar-refractivity contribution in [2.45, 2.75) is 51.2 Å². The van der Waals surface area contributed by atoms with Gasteiger partial charge in [-0.2, -0.15) is 4.72 Å². The minimum atomic E-state index is -4.16. The van der Waals surface area contributed by atoms with Gasteiger partial charge in [-0.25, -0.2) is 13.4 Å². The molecule has 1 aliphatic rings. The summed E-state index contributed by atoms with van der Waals surface area (Å²) < 4.78 is 33.9. The van der Waals surface area contributed by atoms with Crippen LogP contribution in [0.4, 0.5) is 5.69 Å². The summed E-state index contributed by atoms with van der Waals surface area (Å²) in [6.45, 7) is 6.71. The summed E-state index contributed by atoms with van der Waals surface area (Å²) in [5.41, 5.74) is 2.56. The van der Waals surface area contributed by atoms with Crippen molar-refractivity contribution in [3.8, 4) is 0 Å². The number of amides is 2. The van der Waals surface area contributed by atoms with Crippen molar-refractivity contribution < 1.29 is 22.5 Å². The molecule has 2 heterocycles. The first-order chi connectivity index (χ1) is 18.4. The lowest BCUT2D eigenvalue weighted by atomic mass is 10.0. The number of anilines is 1. The van der Waals surface area contributed by atoms with Crippen molar-refractivity contribution in [3.63, 3.8) is 0 Å². The summed E-state index contributed by atoms with van der Waals surface area (Å²) in [6, 6.07) is 13.2. The van der Waals surface area contributed by atoms with Crippen molar-refractivity contribution >= 4 is 44.8 Å². The largest absolute Gasteiger partial charge is 0.360 e. The molecule has 2 atom stereocenters. The van der Waals surface area contributed by atoms with Crippen LogP contribution in [-0.4, -0.2) is 50.4 Å². The van der Waals surface area contributed by atoms with Crippen LogP contribution in [0.25, 0.3) is 0 Å². The number of rotatable bonds is 8. The third-order valence-electron chi connectivity index (χ3n) is 6.28. The van der Waals surface area contributed by atoms with E-state index in [0.29, 0.717) is 22.0 Å². The second kappa shape index (κ2) is 11.3. The van der Waals surface area contributed by atoms with E-state index in [1.807, 2.05) is 44.2 Å². The number of fused-ring (bicyclic) bond motifs is 1. The molecule has 4 rings (SSSR count). The highest BCUT2D eigenvalue weighted by Crippen LogP contribution is 2.30. The van der Waals surface area contributed by atoms with Crippen molar-refractivity contribution in [2.75, 3.05) is 11.9 Å². The Morgan fingerprint density at radius 2 is 1.85 bits per heavy atom. The first-order valence-corrected chi connectivity index (χ1v) is 14.2. The van der Waals surface area contributed by atoms with E-state index in [1.54, 1.807) is 25.2 Å². The molecule has 0 fully saturated rings. The van der Waals surface area contributed by atoms with E-state index in [9.17, 15) is 18.0 Å². The fourth-order valence-electron chi connectivity index (χ4n) is 4.49. The Morgan fingerprint density at radius 3 is 2.46 bits per heavy atom. The van der Waals surface area contributed by atoms with Gasteiger partial charge in [0.1, 0.15) is 16.6 Å². The highest BCUT2D eigenvalue weighted by Gasteiger charge is 2.35. The normalized spacial score (nSPS) is 16.5. The molecule has 39 heavy (non-hydrogen) atoms. The minimum absolute atomic E-state index is 0.0459. The van der Waals surface area contributed by atoms with Crippen LogP contribution in [0.5, 0.6) is 0 Å². The van der Waals surface area contributed by atoms with E-state index in [2.05, 4.69) is 20.2 Å². The number of carbonyl (C=O) groups is 2. The zero-order chi connectivity index (χ0) is 28.5. The Hall–Kier alpha value is -3.54. The molecule has 3 aromatic rings. The van der Waals surface area contributed by atoms with Crippen molar-refractivity contribution in [1.29, 1.82) is 0 Å². The molecule has 2 N–H and O–H groups in total. The Kier molecular flexibility index (Phi) is 8.24. The van der Waals surface area contributed by atoms with Gasteiger partial charge in [0.2, 0.25) is 22.1 Å². The second-order valence-electron chi connectivity index (χ2n) is 9.77. The third kappa shape index (κ3) is 6.05. The van der Waals surface area contributed by atoms with Crippen LogP contribution in [0.3, 0.4) is 0 Å². The van der Waals surface area contributed by atoms with Crippen LogP contribution in [0.2, 0.25) is 5.02 Å². The van der Waals surface area contributed by atoms with Crippen molar-refractivity contribution in [3.05, 3.63) is 76.1 Å².